The number of hydrogen-bond donors (Lipinski definition) is 0. The van der Waals surface area contributed by atoms with Crippen LogP contribution in [0.4, 0.5) is 0 Å². The van der Waals surface area contributed by atoms with E-state index in [1.54, 1.807) is 24.3 Å². The van der Waals surface area contributed by atoms with E-state index in [4.69, 9.17) is 4.42 Å². The maximum Gasteiger partial charge on any atom is 0.228 e. The van der Waals surface area contributed by atoms with Crippen LogP contribution in [0, 0.1) is 0 Å². The van der Waals surface area contributed by atoms with Gasteiger partial charge in [-0.1, -0.05) is 44.0 Å². The zero-order valence-corrected chi connectivity index (χ0v) is 13.7. The molecule has 0 N–H and O–H groups in total. The lowest BCUT2D eigenvalue weighted by atomic mass is 10.0. The molecule has 0 amide bonds. The highest BCUT2D eigenvalue weighted by atomic mass is 16.3. The second-order valence-corrected chi connectivity index (χ2v) is 6.01. The molecule has 3 aromatic rings. The molecular formula is C21H20O3. The molecule has 0 atom stereocenters. The largest absolute Gasteiger partial charge is 0.453 e. The highest BCUT2D eigenvalue weighted by Gasteiger charge is 2.14. The lowest BCUT2D eigenvalue weighted by Gasteiger charge is -2.02. The molecule has 0 saturated heterocycles. The van der Waals surface area contributed by atoms with Gasteiger partial charge in [0.2, 0.25) is 5.78 Å². The van der Waals surface area contributed by atoms with Crippen molar-refractivity contribution in [3.05, 3.63) is 71.0 Å². The Hall–Kier alpha value is -2.68. The minimum atomic E-state index is -0.140. The van der Waals surface area contributed by atoms with Gasteiger partial charge in [0.1, 0.15) is 11.9 Å². The minimum Gasteiger partial charge on any atom is -0.453 e. The van der Waals surface area contributed by atoms with E-state index in [-0.39, 0.29) is 5.78 Å². The topological polar surface area (TPSA) is 47.3 Å². The van der Waals surface area contributed by atoms with Crippen LogP contribution in [0.25, 0.3) is 11.0 Å². The van der Waals surface area contributed by atoms with E-state index in [9.17, 15) is 9.59 Å². The summed E-state index contributed by atoms with van der Waals surface area (Å²) in [5.74, 6) is 0.158. The van der Waals surface area contributed by atoms with E-state index < -0.39 is 0 Å². The van der Waals surface area contributed by atoms with Gasteiger partial charge in [-0.05, 0) is 42.7 Å². The molecule has 3 rings (SSSR count). The van der Waals surface area contributed by atoms with Crippen LogP contribution in [-0.4, -0.2) is 12.1 Å². The Morgan fingerprint density at radius 3 is 2.54 bits per heavy atom. The summed E-state index contributed by atoms with van der Waals surface area (Å²) in [6.45, 7) is 2.19. The second-order valence-electron chi connectivity index (χ2n) is 6.01. The molecule has 0 aliphatic carbocycles. The highest BCUT2D eigenvalue weighted by Crippen LogP contribution is 2.23. The van der Waals surface area contributed by atoms with Crippen molar-refractivity contribution in [2.45, 2.75) is 32.6 Å². The number of carbonyl (C=O) groups is 2. The summed E-state index contributed by atoms with van der Waals surface area (Å²) in [5.41, 5.74) is 3.04. The first-order chi connectivity index (χ1) is 11.7. The third kappa shape index (κ3) is 3.46. The molecule has 1 heterocycles. The normalized spacial score (nSPS) is 10.9. The molecule has 0 spiro atoms. The molecule has 3 heteroatoms. The van der Waals surface area contributed by atoms with Crippen molar-refractivity contribution in [3.63, 3.8) is 0 Å². The molecule has 3 nitrogen and oxygen atoms in total. The van der Waals surface area contributed by atoms with Gasteiger partial charge in [-0.15, -0.1) is 0 Å². The van der Waals surface area contributed by atoms with Crippen molar-refractivity contribution in [2.24, 2.45) is 0 Å². The minimum absolute atomic E-state index is 0.140. The van der Waals surface area contributed by atoms with Crippen LogP contribution >= 0.6 is 0 Å². The van der Waals surface area contributed by atoms with Gasteiger partial charge in [0.05, 0.1) is 0 Å². The number of furan rings is 1. The number of rotatable bonds is 7. The Bertz CT molecular complexity index is 856. The zero-order valence-electron chi connectivity index (χ0n) is 13.7. The monoisotopic (exact) mass is 320 g/mol. The number of unbranched alkanes of at least 4 members (excludes halogenated alkanes) is 2. The third-order valence-corrected chi connectivity index (χ3v) is 4.19. The summed E-state index contributed by atoms with van der Waals surface area (Å²) in [6.07, 6.45) is 5.43. The van der Waals surface area contributed by atoms with Gasteiger partial charge in [-0.3, -0.25) is 9.59 Å². The third-order valence-electron chi connectivity index (χ3n) is 4.19. The van der Waals surface area contributed by atoms with E-state index >= 15 is 0 Å². The highest BCUT2D eigenvalue weighted by molar-refractivity contribution is 6.09. The molecule has 1 aromatic heterocycles. The number of benzene rings is 2. The average molecular weight is 320 g/mol. The molecule has 0 radical (unpaired) electrons. The Labute approximate surface area is 141 Å². The van der Waals surface area contributed by atoms with Gasteiger partial charge < -0.3 is 4.42 Å². The maximum absolute atomic E-state index is 12.6. The molecule has 0 aliphatic heterocycles. The summed E-state index contributed by atoms with van der Waals surface area (Å²) in [5, 5.41) is 0.763. The molecule has 0 fully saturated rings. The maximum atomic E-state index is 12.6. The first kappa shape index (κ1) is 16.2. The first-order valence-corrected chi connectivity index (χ1v) is 8.33. The van der Waals surface area contributed by atoms with E-state index in [0.717, 1.165) is 18.1 Å². The quantitative estimate of drug-likeness (QED) is 0.341. The van der Waals surface area contributed by atoms with Crippen molar-refractivity contribution in [1.82, 2.24) is 0 Å². The van der Waals surface area contributed by atoms with Crippen molar-refractivity contribution < 1.29 is 14.0 Å². The lowest BCUT2D eigenvalue weighted by molar-refractivity contribution is 0.101. The van der Waals surface area contributed by atoms with Crippen molar-refractivity contribution in [3.8, 4) is 0 Å². The molecule has 0 aliphatic rings. The van der Waals surface area contributed by atoms with Gasteiger partial charge in [-0.2, -0.15) is 0 Å². The average Bonchev–Trinajstić information content (AvgIpc) is 3.05. The fraction of sp³-hybridized carbons (Fsp3) is 0.238. The molecule has 24 heavy (non-hydrogen) atoms. The summed E-state index contributed by atoms with van der Waals surface area (Å²) in [7, 11) is 0. The fourth-order valence-electron chi connectivity index (χ4n) is 2.79. The van der Waals surface area contributed by atoms with Crippen LogP contribution in [0.3, 0.4) is 0 Å². The number of carbonyl (C=O) groups excluding carboxylic acids is 2. The Kier molecular flexibility index (Phi) is 4.90. The number of aldehydes is 1. The van der Waals surface area contributed by atoms with Gasteiger partial charge in [0, 0.05) is 16.5 Å². The molecular weight excluding hydrogens is 300 g/mol. The van der Waals surface area contributed by atoms with E-state index in [1.807, 2.05) is 24.3 Å². The van der Waals surface area contributed by atoms with E-state index in [2.05, 4.69) is 6.92 Å². The van der Waals surface area contributed by atoms with Gasteiger partial charge in [0.15, 0.2) is 5.76 Å². The summed E-state index contributed by atoms with van der Waals surface area (Å²) in [6, 6.07) is 14.5. The van der Waals surface area contributed by atoms with E-state index in [1.165, 1.54) is 24.8 Å². The number of ketones is 1. The predicted octanol–water partition coefficient (Wildman–Crippen LogP) is 5.21. The first-order valence-electron chi connectivity index (χ1n) is 8.33. The lowest BCUT2D eigenvalue weighted by Crippen LogP contribution is -1.99. The van der Waals surface area contributed by atoms with Crippen LogP contribution in [0.5, 0.6) is 0 Å². The Morgan fingerprint density at radius 2 is 1.83 bits per heavy atom. The van der Waals surface area contributed by atoms with Crippen LogP contribution in [0.1, 0.15) is 58.2 Å². The number of aryl methyl sites for hydroxylation is 1. The molecule has 2 aromatic carbocycles. The van der Waals surface area contributed by atoms with Crippen LogP contribution in [0.15, 0.2) is 52.9 Å². The predicted molar refractivity (Wildman–Crippen MR) is 94.7 cm³/mol. The number of hydrogen-bond acceptors (Lipinski definition) is 3. The van der Waals surface area contributed by atoms with Gasteiger partial charge in [-0.25, -0.2) is 0 Å². The second kappa shape index (κ2) is 7.26. The smallest absolute Gasteiger partial charge is 0.228 e. The van der Waals surface area contributed by atoms with Crippen LogP contribution < -0.4 is 0 Å². The van der Waals surface area contributed by atoms with Crippen molar-refractivity contribution in [1.29, 1.82) is 0 Å². The Balaban J connectivity index is 1.79. The molecule has 122 valence electrons. The van der Waals surface area contributed by atoms with E-state index in [0.29, 0.717) is 22.5 Å². The molecule has 0 saturated carbocycles. The molecule has 0 unspecified atom stereocenters. The van der Waals surface area contributed by atoms with Crippen LogP contribution in [-0.2, 0) is 6.42 Å². The van der Waals surface area contributed by atoms with Gasteiger partial charge >= 0.3 is 0 Å². The fourth-order valence-corrected chi connectivity index (χ4v) is 2.79. The zero-order chi connectivity index (χ0) is 16.9. The molecule has 0 bridgehead atoms. The summed E-state index contributed by atoms with van der Waals surface area (Å²) < 4.78 is 5.63. The van der Waals surface area contributed by atoms with Crippen LogP contribution in [0.2, 0.25) is 0 Å². The summed E-state index contributed by atoms with van der Waals surface area (Å²) in [4.78, 5) is 23.4. The van der Waals surface area contributed by atoms with Gasteiger partial charge in [0.25, 0.3) is 0 Å². The van der Waals surface area contributed by atoms with Crippen molar-refractivity contribution >= 4 is 23.0 Å². The SMILES string of the molecule is CCCCCc1ccc(C(=O)c2cc3cc(C=O)ccc3o2)cc1. The Morgan fingerprint density at radius 1 is 1.04 bits per heavy atom. The summed E-state index contributed by atoms with van der Waals surface area (Å²) >= 11 is 0. The number of fused-ring (bicyclic) bond motifs is 1. The van der Waals surface area contributed by atoms with Crippen molar-refractivity contribution in [2.75, 3.05) is 0 Å². The standard InChI is InChI=1S/C21H20O3/c1-2-3-4-5-15-6-9-17(10-7-15)21(23)20-13-18-12-16(14-22)8-11-19(18)24-20/h6-14H,2-5H2,1H3.